The molecular weight excluding hydrogens is 378 g/mol. The Morgan fingerprint density at radius 1 is 1.04 bits per heavy atom. The Balaban J connectivity index is 1.78. The van der Waals surface area contributed by atoms with Crippen molar-refractivity contribution in [3.8, 4) is 0 Å². The molecule has 28 heavy (non-hydrogen) atoms. The van der Waals surface area contributed by atoms with Gasteiger partial charge < -0.3 is 4.74 Å². The van der Waals surface area contributed by atoms with Crippen molar-refractivity contribution in [1.82, 2.24) is 4.90 Å². The van der Waals surface area contributed by atoms with Gasteiger partial charge in [0.15, 0.2) is 0 Å². The van der Waals surface area contributed by atoms with Crippen molar-refractivity contribution < 1.29 is 19.1 Å². The smallest absolute Gasteiger partial charge is 0.338 e. The molecule has 3 rings (SSSR count). The molecule has 1 aliphatic rings. The third kappa shape index (κ3) is 3.94. The monoisotopic (exact) mass is 399 g/mol. The summed E-state index contributed by atoms with van der Waals surface area (Å²) in [5.74, 6) is -0.878. The number of fused-ring (bicyclic) bond motifs is 1. The van der Waals surface area contributed by atoms with Crippen LogP contribution < -0.4 is 0 Å². The second kappa shape index (κ2) is 8.15. The molecule has 5 nitrogen and oxygen atoms in total. The van der Waals surface area contributed by atoms with Crippen molar-refractivity contribution in [2.24, 2.45) is 5.92 Å². The summed E-state index contributed by atoms with van der Waals surface area (Å²) in [6.07, 6.45) is 0.185. The SMILES string of the molecule is CC(C)CCN1C(=O)c2ccc(C(=O)O[C@@H](C)c3ccccc3Cl)cc2C1=O. The zero-order valence-electron chi connectivity index (χ0n) is 16.1. The summed E-state index contributed by atoms with van der Waals surface area (Å²) in [6.45, 7) is 6.17. The normalized spacial score (nSPS) is 14.4. The van der Waals surface area contributed by atoms with Gasteiger partial charge >= 0.3 is 5.97 Å². The van der Waals surface area contributed by atoms with E-state index in [0.717, 1.165) is 6.42 Å². The Bertz CT molecular complexity index is 938. The highest BCUT2D eigenvalue weighted by molar-refractivity contribution is 6.31. The fourth-order valence-corrected chi connectivity index (χ4v) is 3.39. The third-order valence-electron chi connectivity index (χ3n) is 4.76. The first-order chi connectivity index (χ1) is 13.3. The molecule has 0 aliphatic carbocycles. The van der Waals surface area contributed by atoms with Gasteiger partial charge in [0.1, 0.15) is 6.10 Å². The van der Waals surface area contributed by atoms with Crippen LogP contribution in [0, 0.1) is 5.92 Å². The number of hydrogen-bond donors (Lipinski definition) is 0. The number of nitrogens with zero attached hydrogens (tertiary/aromatic N) is 1. The topological polar surface area (TPSA) is 63.7 Å². The van der Waals surface area contributed by atoms with Crippen molar-refractivity contribution in [3.63, 3.8) is 0 Å². The molecule has 0 aromatic heterocycles. The summed E-state index contributed by atoms with van der Waals surface area (Å²) in [5.41, 5.74) is 1.49. The largest absolute Gasteiger partial charge is 0.454 e. The zero-order valence-corrected chi connectivity index (χ0v) is 16.8. The molecule has 0 bridgehead atoms. The molecule has 1 atom stereocenters. The highest BCUT2D eigenvalue weighted by Crippen LogP contribution is 2.28. The van der Waals surface area contributed by atoms with E-state index in [9.17, 15) is 14.4 Å². The van der Waals surface area contributed by atoms with Crippen LogP contribution in [0.5, 0.6) is 0 Å². The van der Waals surface area contributed by atoms with Crippen LogP contribution >= 0.6 is 11.6 Å². The van der Waals surface area contributed by atoms with Crippen LogP contribution in [0.4, 0.5) is 0 Å². The Morgan fingerprint density at radius 2 is 1.71 bits per heavy atom. The van der Waals surface area contributed by atoms with Crippen LogP contribution in [0.2, 0.25) is 5.02 Å². The van der Waals surface area contributed by atoms with Gasteiger partial charge in [0.25, 0.3) is 11.8 Å². The van der Waals surface area contributed by atoms with E-state index < -0.39 is 12.1 Å². The number of hydrogen-bond acceptors (Lipinski definition) is 4. The van der Waals surface area contributed by atoms with E-state index in [1.54, 1.807) is 25.1 Å². The maximum atomic E-state index is 12.6. The molecule has 0 fully saturated rings. The minimum absolute atomic E-state index is 0.226. The van der Waals surface area contributed by atoms with Crippen LogP contribution in [0.3, 0.4) is 0 Å². The maximum absolute atomic E-state index is 12.6. The third-order valence-corrected chi connectivity index (χ3v) is 5.11. The minimum Gasteiger partial charge on any atom is -0.454 e. The summed E-state index contributed by atoms with van der Waals surface area (Å²) in [7, 11) is 0. The fourth-order valence-electron chi connectivity index (χ4n) is 3.10. The molecule has 1 heterocycles. The summed E-state index contributed by atoms with van der Waals surface area (Å²) in [4.78, 5) is 38.9. The van der Waals surface area contributed by atoms with E-state index >= 15 is 0 Å². The van der Waals surface area contributed by atoms with E-state index in [1.165, 1.54) is 23.1 Å². The number of carbonyl (C=O) groups is 3. The summed E-state index contributed by atoms with van der Waals surface area (Å²) in [5, 5.41) is 0.512. The maximum Gasteiger partial charge on any atom is 0.338 e. The predicted octanol–water partition coefficient (Wildman–Crippen LogP) is 4.90. The van der Waals surface area contributed by atoms with Crippen molar-refractivity contribution in [1.29, 1.82) is 0 Å². The Kier molecular flexibility index (Phi) is 5.84. The van der Waals surface area contributed by atoms with E-state index in [1.807, 2.05) is 19.9 Å². The molecule has 0 N–H and O–H groups in total. The van der Waals surface area contributed by atoms with Crippen LogP contribution in [-0.4, -0.2) is 29.2 Å². The second-order valence-corrected chi connectivity index (χ2v) is 7.68. The molecule has 1 aliphatic heterocycles. The lowest BCUT2D eigenvalue weighted by molar-refractivity contribution is 0.0338. The molecule has 146 valence electrons. The number of esters is 1. The quantitative estimate of drug-likeness (QED) is 0.512. The van der Waals surface area contributed by atoms with E-state index in [0.29, 0.717) is 28.6 Å². The summed E-state index contributed by atoms with van der Waals surface area (Å²) in [6, 6.07) is 11.6. The first-order valence-electron chi connectivity index (χ1n) is 9.25. The standard InChI is InChI=1S/C22H22ClNO4/c1-13(2)10-11-24-20(25)17-9-8-15(12-18(17)21(24)26)22(27)28-14(3)16-6-4-5-7-19(16)23/h4-9,12-14H,10-11H2,1-3H3/t14-/m0/s1. The molecule has 2 aromatic carbocycles. The van der Waals surface area contributed by atoms with E-state index in [4.69, 9.17) is 16.3 Å². The first kappa shape index (κ1) is 20.1. The Hall–Kier alpha value is -2.66. The van der Waals surface area contributed by atoms with E-state index in [2.05, 4.69) is 0 Å². The van der Waals surface area contributed by atoms with Gasteiger partial charge in [-0.1, -0.05) is 43.6 Å². The van der Waals surface area contributed by atoms with Crippen molar-refractivity contribution in [3.05, 3.63) is 69.7 Å². The van der Waals surface area contributed by atoms with Gasteiger partial charge in [-0.25, -0.2) is 4.79 Å². The van der Waals surface area contributed by atoms with Gasteiger partial charge in [-0.3, -0.25) is 14.5 Å². The van der Waals surface area contributed by atoms with Crippen LogP contribution in [-0.2, 0) is 4.74 Å². The number of carbonyl (C=O) groups excluding carboxylic acids is 3. The highest BCUT2D eigenvalue weighted by atomic mass is 35.5. The predicted molar refractivity (Wildman–Crippen MR) is 107 cm³/mol. The van der Waals surface area contributed by atoms with Crippen LogP contribution in [0.15, 0.2) is 42.5 Å². The number of halogens is 1. The second-order valence-electron chi connectivity index (χ2n) is 7.27. The van der Waals surface area contributed by atoms with Crippen molar-refractivity contribution >= 4 is 29.4 Å². The average Bonchev–Trinajstić information content (AvgIpc) is 2.90. The molecule has 0 saturated heterocycles. The molecule has 6 heteroatoms. The highest BCUT2D eigenvalue weighted by Gasteiger charge is 2.36. The van der Waals surface area contributed by atoms with Gasteiger partial charge in [-0.15, -0.1) is 0 Å². The lowest BCUT2D eigenvalue weighted by Gasteiger charge is -2.15. The fraction of sp³-hybridized carbons (Fsp3) is 0.318. The molecular formula is C22H22ClNO4. The van der Waals surface area contributed by atoms with Gasteiger partial charge in [0, 0.05) is 17.1 Å². The molecule has 2 amide bonds. The van der Waals surface area contributed by atoms with Crippen molar-refractivity contribution in [2.45, 2.75) is 33.3 Å². The van der Waals surface area contributed by atoms with Crippen molar-refractivity contribution in [2.75, 3.05) is 6.54 Å². The minimum atomic E-state index is -0.573. The number of benzene rings is 2. The van der Waals surface area contributed by atoms with Gasteiger partial charge in [-0.2, -0.15) is 0 Å². The van der Waals surface area contributed by atoms with Gasteiger partial charge in [0.05, 0.1) is 16.7 Å². The lowest BCUT2D eigenvalue weighted by atomic mass is 10.1. The zero-order chi connectivity index (χ0) is 20.4. The molecule has 0 saturated carbocycles. The number of rotatable bonds is 6. The molecule has 2 aromatic rings. The molecule has 0 radical (unpaired) electrons. The Morgan fingerprint density at radius 3 is 2.39 bits per heavy atom. The molecule has 0 spiro atoms. The average molecular weight is 400 g/mol. The number of amides is 2. The number of imide groups is 1. The number of ether oxygens (including phenoxy) is 1. The summed E-state index contributed by atoms with van der Waals surface area (Å²) >= 11 is 6.15. The van der Waals surface area contributed by atoms with Crippen LogP contribution in [0.1, 0.15) is 69.9 Å². The van der Waals surface area contributed by atoms with Crippen LogP contribution in [0.25, 0.3) is 0 Å². The summed E-state index contributed by atoms with van der Waals surface area (Å²) < 4.78 is 5.50. The van der Waals surface area contributed by atoms with Gasteiger partial charge in [-0.05, 0) is 43.5 Å². The first-order valence-corrected chi connectivity index (χ1v) is 9.63. The van der Waals surface area contributed by atoms with Gasteiger partial charge in [0.2, 0.25) is 0 Å². The lowest BCUT2D eigenvalue weighted by Crippen LogP contribution is -2.31. The van der Waals surface area contributed by atoms with E-state index in [-0.39, 0.29) is 22.9 Å². The Labute approximate surface area is 169 Å². The molecule has 0 unspecified atom stereocenters.